The molecule has 140 valence electrons. The quantitative estimate of drug-likeness (QED) is 0.257. The predicted molar refractivity (Wildman–Crippen MR) is 112 cm³/mol. The Morgan fingerprint density at radius 1 is 1.00 bits per heavy atom. The summed E-state index contributed by atoms with van der Waals surface area (Å²) in [5.41, 5.74) is 3.01. The van der Waals surface area contributed by atoms with Gasteiger partial charge >= 0.3 is 0 Å². The van der Waals surface area contributed by atoms with Crippen molar-refractivity contribution < 1.29 is 9.16 Å². The summed E-state index contributed by atoms with van der Waals surface area (Å²) in [7, 11) is -0.197. The topological polar surface area (TPSA) is 18.5 Å². The van der Waals surface area contributed by atoms with Crippen LogP contribution in [0.3, 0.4) is 0 Å². The molecule has 0 N–H and O–H groups in total. The van der Waals surface area contributed by atoms with Crippen molar-refractivity contribution in [2.24, 2.45) is 0 Å². The minimum absolute atomic E-state index is 0.567. The van der Waals surface area contributed by atoms with E-state index in [-0.39, 0.29) is 0 Å². The number of ether oxygens (including phenoxy) is 1. The van der Waals surface area contributed by atoms with Gasteiger partial charge in [0.15, 0.2) is 0 Å². The minimum atomic E-state index is -1.89. The average molecular weight is 361 g/mol. The van der Waals surface area contributed by atoms with Gasteiger partial charge in [-0.15, -0.1) is 0 Å². The van der Waals surface area contributed by atoms with Crippen molar-refractivity contribution >= 4 is 8.32 Å². The van der Waals surface area contributed by atoms with E-state index in [1.54, 1.807) is 7.11 Å². The first-order valence-electron chi connectivity index (χ1n) is 9.41. The lowest BCUT2D eigenvalue weighted by Gasteiger charge is -2.42. The van der Waals surface area contributed by atoms with Crippen LogP contribution in [0.15, 0.2) is 48.8 Å². The Kier molecular flexibility index (Phi) is 8.50. The molecule has 0 amide bonds. The van der Waals surface area contributed by atoms with Crippen molar-refractivity contribution in [3.63, 3.8) is 0 Å². The van der Waals surface area contributed by atoms with E-state index in [0.29, 0.717) is 16.6 Å². The van der Waals surface area contributed by atoms with E-state index >= 15 is 0 Å². The van der Waals surface area contributed by atoms with Crippen LogP contribution >= 0.6 is 0 Å². The lowest BCUT2D eigenvalue weighted by Crippen LogP contribution is -2.47. The van der Waals surface area contributed by atoms with Crippen LogP contribution in [0.25, 0.3) is 0 Å². The molecule has 0 bridgehead atoms. The molecule has 0 fully saturated rings. The van der Waals surface area contributed by atoms with E-state index < -0.39 is 8.32 Å². The second-order valence-corrected chi connectivity index (χ2v) is 13.1. The number of rotatable bonds is 10. The summed E-state index contributed by atoms with van der Waals surface area (Å²) in [4.78, 5) is 0. The summed E-state index contributed by atoms with van der Waals surface area (Å²) >= 11 is 0. The molecule has 0 aliphatic rings. The zero-order valence-corrected chi connectivity index (χ0v) is 18.1. The van der Waals surface area contributed by atoms with Gasteiger partial charge in [-0.1, -0.05) is 66.3 Å². The van der Waals surface area contributed by atoms with Crippen LogP contribution in [-0.2, 0) is 10.8 Å². The Morgan fingerprint density at radius 3 is 1.96 bits per heavy atom. The Labute approximate surface area is 156 Å². The molecule has 0 radical (unpaired) electrons. The molecule has 0 saturated carbocycles. The largest absolute Gasteiger partial charge is 0.543 e. The lowest BCUT2D eigenvalue weighted by atomic mass is 10.1. The van der Waals surface area contributed by atoms with Gasteiger partial charge in [0, 0.05) is 0 Å². The zero-order valence-electron chi connectivity index (χ0n) is 17.1. The van der Waals surface area contributed by atoms with E-state index in [4.69, 9.17) is 9.16 Å². The van der Waals surface area contributed by atoms with Crippen LogP contribution in [0.1, 0.15) is 53.5 Å². The maximum absolute atomic E-state index is 6.55. The molecule has 0 aromatic heterocycles. The van der Waals surface area contributed by atoms with Gasteiger partial charge in [-0.3, -0.25) is 0 Å². The third kappa shape index (κ3) is 5.77. The van der Waals surface area contributed by atoms with Gasteiger partial charge in [-0.05, 0) is 53.2 Å². The maximum atomic E-state index is 6.55. The normalized spacial score (nSPS) is 12.4. The predicted octanol–water partition coefficient (Wildman–Crippen LogP) is 6.89. The number of benzene rings is 1. The molecule has 2 nitrogen and oxygen atoms in total. The molecule has 3 heteroatoms. The van der Waals surface area contributed by atoms with Crippen LogP contribution in [0.5, 0.6) is 5.75 Å². The fourth-order valence-corrected chi connectivity index (χ4v) is 9.10. The van der Waals surface area contributed by atoms with Gasteiger partial charge < -0.3 is 9.16 Å². The van der Waals surface area contributed by atoms with Crippen LogP contribution < -0.4 is 4.74 Å². The van der Waals surface area contributed by atoms with Crippen molar-refractivity contribution in [2.45, 2.75) is 71.0 Å². The molecule has 0 unspecified atom stereocenters. The van der Waals surface area contributed by atoms with Crippen molar-refractivity contribution in [1.29, 1.82) is 0 Å². The second kappa shape index (κ2) is 9.86. The van der Waals surface area contributed by atoms with Crippen LogP contribution in [0.4, 0.5) is 0 Å². The van der Waals surface area contributed by atoms with E-state index in [0.717, 1.165) is 24.4 Å². The highest BCUT2D eigenvalue weighted by Gasteiger charge is 2.46. The fraction of sp³-hybridized carbons (Fsp3) is 0.545. The fourth-order valence-electron chi connectivity index (χ4n) is 3.87. The Hall–Kier alpha value is -1.48. The third-order valence-electron chi connectivity index (χ3n) is 5.08. The second-order valence-electron chi connectivity index (χ2n) is 7.68. The highest BCUT2D eigenvalue weighted by molar-refractivity contribution is 6.77. The summed E-state index contributed by atoms with van der Waals surface area (Å²) in [5.74, 6) is 1.72. The molecule has 0 heterocycles. The van der Waals surface area contributed by atoms with E-state index in [9.17, 15) is 0 Å². The first-order chi connectivity index (χ1) is 11.7. The molecule has 1 rings (SSSR count). The van der Waals surface area contributed by atoms with Gasteiger partial charge in [0.1, 0.15) is 5.75 Å². The van der Waals surface area contributed by atoms with Gasteiger partial charge in [-0.25, -0.2) is 0 Å². The highest BCUT2D eigenvalue weighted by Crippen LogP contribution is 2.43. The minimum Gasteiger partial charge on any atom is -0.543 e. The smallest absolute Gasteiger partial charge is 0.258 e. The molecule has 0 aliphatic carbocycles. The first-order valence-corrected chi connectivity index (χ1v) is 11.5. The third-order valence-corrected chi connectivity index (χ3v) is 11.1. The lowest BCUT2D eigenvalue weighted by molar-refractivity contribution is 0.388. The average Bonchev–Trinajstić information content (AvgIpc) is 2.56. The molecule has 1 aromatic rings. The number of methoxy groups -OCH3 is 1. The van der Waals surface area contributed by atoms with E-state index in [1.807, 2.05) is 12.1 Å². The summed E-state index contributed by atoms with van der Waals surface area (Å²) in [6.45, 7) is 18.0. The molecule has 0 spiro atoms. The molecule has 1 aromatic carbocycles. The van der Waals surface area contributed by atoms with Gasteiger partial charge in [-0.2, -0.15) is 0 Å². The molecule has 0 aliphatic heterocycles. The summed E-state index contributed by atoms with van der Waals surface area (Å²) in [5, 5.41) is 0. The number of hydrogen-bond donors (Lipinski definition) is 0. The van der Waals surface area contributed by atoms with Crippen LogP contribution in [-0.4, -0.2) is 15.4 Å². The standard InChI is InChI=1S/C22H36O2Si/c1-17(2)25(18(3)4,19(5)6)24-20(7)11-9-10-12-21-13-15-22(23-8)16-14-21/h9,11,13-19H,7,10,12H2,1-6,8H3/b11-9+. The SMILES string of the molecule is C=C(/C=C/CCc1ccc(OC)cc1)O[Si](C(C)C)(C(C)C)C(C)C. The zero-order chi connectivity index (χ0) is 19.0. The van der Waals surface area contributed by atoms with Gasteiger partial charge in [0.25, 0.3) is 8.32 Å². The van der Waals surface area contributed by atoms with E-state index in [1.165, 1.54) is 5.56 Å². The number of hydrogen-bond acceptors (Lipinski definition) is 2. The first kappa shape index (κ1) is 21.6. The van der Waals surface area contributed by atoms with E-state index in [2.05, 4.69) is 72.4 Å². The highest BCUT2D eigenvalue weighted by atomic mass is 28.4. The van der Waals surface area contributed by atoms with Gasteiger partial charge in [0.2, 0.25) is 0 Å². The molecular weight excluding hydrogens is 324 g/mol. The monoisotopic (exact) mass is 360 g/mol. The molecule has 0 saturated heterocycles. The number of allylic oxidation sites excluding steroid dienone is 2. The summed E-state index contributed by atoms with van der Waals surface area (Å²) < 4.78 is 11.7. The summed E-state index contributed by atoms with van der Waals surface area (Å²) in [6, 6.07) is 8.25. The Morgan fingerprint density at radius 2 is 1.52 bits per heavy atom. The summed E-state index contributed by atoms with van der Waals surface area (Å²) in [6.07, 6.45) is 6.22. The molecule has 0 atom stereocenters. The maximum Gasteiger partial charge on any atom is 0.258 e. The Balaban J connectivity index is 2.62. The van der Waals surface area contributed by atoms with Crippen LogP contribution in [0, 0.1) is 0 Å². The van der Waals surface area contributed by atoms with Gasteiger partial charge in [0.05, 0.1) is 12.9 Å². The molecule has 25 heavy (non-hydrogen) atoms. The van der Waals surface area contributed by atoms with Crippen molar-refractivity contribution in [3.8, 4) is 5.75 Å². The van der Waals surface area contributed by atoms with Crippen LogP contribution in [0.2, 0.25) is 16.6 Å². The van der Waals surface area contributed by atoms with Crippen molar-refractivity contribution in [3.05, 3.63) is 54.3 Å². The number of aryl methyl sites for hydroxylation is 1. The van der Waals surface area contributed by atoms with Crippen molar-refractivity contribution in [1.82, 2.24) is 0 Å². The Bertz CT molecular complexity index is 534. The molecular formula is C22H36O2Si. The van der Waals surface area contributed by atoms with Crippen molar-refractivity contribution in [2.75, 3.05) is 7.11 Å².